The highest BCUT2D eigenvalue weighted by Gasteiger charge is 2.26. The molecule has 1 atom stereocenters. The lowest BCUT2D eigenvalue weighted by Crippen LogP contribution is -2.49. The van der Waals surface area contributed by atoms with E-state index in [0.717, 1.165) is 25.9 Å². The van der Waals surface area contributed by atoms with Gasteiger partial charge in [0.05, 0.1) is 7.11 Å². The van der Waals surface area contributed by atoms with Crippen LogP contribution < -0.4 is 5.32 Å². The summed E-state index contributed by atoms with van der Waals surface area (Å²) in [5.74, 6) is 0.0358. The Balaban J connectivity index is 2.36. The number of methoxy groups -OCH3 is 1. The number of esters is 1. The van der Waals surface area contributed by atoms with E-state index in [0.29, 0.717) is 0 Å². The van der Waals surface area contributed by atoms with E-state index >= 15 is 0 Å². The van der Waals surface area contributed by atoms with Crippen LogP contribution in [0.1, 0.15) is 33.6 Å². The lowest BCUT2D eigenvalue weighted by Gasteiger charge is -2.34. The number of carbonyl (C=O) groups excluding carboxylic acids is 2. The van der Waals surface area contributed by atoms with E-state index in [2.05, 4.69) is 10.1 Å². The highest BCUT2D eigenvalue weighted by atomic mass is 16.5. The predicted molar refractivity (Wildman–Crippen MR) is 69.1 cm³/mol. The summed E-state index contributed by atoms with van der Waals surface area (Å²) in [5, 5.41) is 3.25. The van der Waals surface area contributed by atoms with Crippen LogP contribution in [0.25, 0.3) is 0 Å². The van der Waals surface area contributed by atoms with E-state index in [9.17, 15) is 9.59 Å². The van der Waals surface area contributed by atoms with Crippen LogP contribution in [-0.4, -0.2) is 49.1 Å². The molecule has 0 spiro atoms. The van der Waals surface area contributed by atoms with Gasteiger partial charge in [0.1, 0.15) is 6.04 Å². The first-order valence-electron chi connectivity index (χ1n) is 6.58. The Morgan fingerprint density at radius 3 is 2.22 bits per heavy atom. The second-order valence-electron chi connectivity index (χ2n) is 5.17. The van der Waals surface area contributed by atoms with Crippen molar-refractivity contribution in [3.8, 4) is 0 Å². The highest BCUT2D eigenvalue weighted by Crippen LogP contribution is 2.13. The van der Waals surface area contributed by atoms with Gasteiger partial charge in [-0.05, 0) is 19.8 Å². The fourth-order valence-corrected chi connectivity index (χ4v) is 2.23. The molecule has 104 valence electrons. The average molecular weight is 256 g/mol. The van der Waals surface area contributed by atoms with E-state index in [4.69, 9.17) is 0 Å². The first-order chi connectivity index (χ1) is 8.45. The quantitative estimate of drug-likeness (QED) is 0.755. The average Bonchev–Trinajstić information content (AvgIpc) is 2.37. The normalized spacial score (nSPS) is 18.8. The van der Waals surface area contributed by atoms with Gasteiger partial charge in [0, 0.05) is 25.0 Å². The number of ether oxygens (including phenoxy) is 1. The Morgan fingerprint density at radius 1 is 1.22 bits per heavy atom. The van der Waals surface area contributed by atoms with E-state index in [1.807, 2.05) is 18.7 Å². The van der Waals surface area contributed by atoms with Gasteiger partial charge in [0.2, 0.25) is 5.91 Å². The molecule has 0 aliphatic carbocycles. The van der Waals surface area contributed by atoms with Crippen molar-refractivity contribution >= 4 is 11.9 Å². The standard InChI is InChI=1S/C13H24N2O3/c1-9(2)12(16)15-7-5-11(6-8-15)14-10(3)13(17)18-4/h9-11,14H,5-8H2,1-4H3. The Bertz CT molecular complexity index is 297. The number of piperidine rings is 1. The molecule has 1 N–H and O–H groups in total. The van der Waals surface area contributed by atoms with Crippen LogP contribution in [-0.2, 0) is 14.3 Å². The molecular formula is C13H24N2O3. The predicted octanol–water partition coefficient (Wildman–Crippen LogP) is 0.784. The van der Waals surface area contributed by atoms with Crippen LogP contribution in [0.15, 0.2) is 0 Å². The summed E-state index contributed by atoms with van der Waals surface area (Å²) < 4.78 is 4.68. The third-order valence-electron chi connectivity index (χ3n) is 3.34. The number of likely N-dealkylation sites (tertiary alicyclic amines) is 1. The molecule has 1 saturated heterocycles. The van der Waals surface area contributed by atoms with Crippen molar-refractivity contribution in [3.63, 3.8) is 0 Å². The lowest BCUT2D eigenvalue weighted by atomic mass is 10.0. The van der Waals surface area contributed by atoms with Gasteiger partial charge in [-0.25, -0.2) is 0 Å². The van der Waals surface area contributed by atoms with Gasteiger partial charge in [-0.3, -0.25) is 9.59 Å². The second-order valence-corrected chi connectivity index (χ2v) is 5.17. The zero-order valence-corrected chi connectivity index (χ0v) is 11.7. The summed E-state index contributed by atoms with van der Waals surface area (Å²) in [4.78, 5) is 25.0. The van der Waals surface area contributed by atoms with Gasteiger partial charge in [0.15, 0.2) is 0 Å². The molecule has 1 heterocycles. The minimum atomic E-state index is -0.285. The Morgan fingerprint density at radius 2 is 1.78 bits per heavy atom. The van der Waals surface area contributed by atoms with Crippen molar-refractivity contribution in [2.45, 2.75) is 45.7 Å². The van der Waals surface area contributed by atoms with Crippen LogP contribution in [0, 0.1) is 5.92 Å². The Labute approximate surface area is 109 Å². The molecule has 0 aromatic carbocycles. The van der Waals surface area contributed by atoms with E-state index in [1.165, 1.54) is 7.11 Å². The zero-order chi connectivity index (χ0) is 13.7. The molecule has 0 bridgehead atoms. The smallest absolute Gasteiger partial charge is 0.322 e. The van der Waals surface area contributed by atoms with Gasteiger partial charge in [-0.1, -0.05) is 13.8 Å². The minimum Gasteiger partial charge on any atom is -0.468 e. The molecule has 1 unspecified atom stereocenters. The molecule has 5 nitrogen and oxygen atoms in total. The summed E-state index contributed by atoms with van der Waals surface area (Å²) in [6.45, 7) is 7.18. The summed E-state index contributed by atoms with van der Waals surface area (Å²) >= 11 is 0. The monoisotopic (exact) mass is 256 g/mol. The number of rotatable bonds is 4. The zero-order valence-electron chi connectivity index (χ0n) is 11.7. The topological polar surface area (TPSA) is 58.6 Å². The van der Waals surface area contributed by atoms with Crippen molar-refractivity contribution in [3.05, 3.63) is 0 Å². The van der Waals surface area contributed by atoms with E-state index in [1.54, 1.807) is 6.92 Å². The van der Waals surface area contributed by atoms with Gasteiger partial charge in [-0.15, -0.1) is 0 Å². The number of hydrogen-bond acceptors (Lipinski definition) is 4. The van der Waals surface area contributed by atoms with Crippen molar-refractivity contribution < 1.29 is 14.3 Å². The first kappa shape index (κ1) is 15.0. The van der Waals surface area contributed by atoms with Gasteiger partial charge >= 0.3 is 5.97 Å². The SMILES string of the molecule is COC(=O)C(C)NC1CCN(C(=O)C(C)C)CC1. The molecule has 0 aromatic rings. The van der Waals surface area contributed by atoms with Gasteiger partial charge < -0.3 is 15.0 Å². The summed E-state index contributed by atoms with van der Waals surface area (Å²) in [6, 6.07) is 0.00247. The van der Waals surface area contributed by atoms with Crippen molar-refractivity contribution in [1.29, 1.82) is 0 Å². The molecular weight excluding hydrogens is 232 g/mol. The number of hydrogen-bond donors (Lipinski definition) is 1. The lowest BCUT2D eigenvalue weighted by molar-refractivity contribution is -0.143. The second kappa shape index (κ2) is 6.73. The highest BCUT2D eigenvalue weighted by molar-refractivity contribution is 5.78. The maximum absolute atomic E-state index is 11.8. The number of amides is 1. The fourth-order valence-electron chi connectivity index (χ4n) is 2.23. The van der Waals surface area contributed by atoms with Gasteiger partial charge in [-0.2, -0.15) is 0 Å². The molecule has 5 heteroatoms. The molecule has 1 aliphatic rings. The van der Waals surface area contributed by atoms with Crippen LogP contribution >= 0.6 is 0 Å². The fraction of sp³-hybridized carbons (Fsp3) is 0.846. The van der Waals surface area contributed by atoms with Crippen LogP contribution in [0.2, 0.25) is 0 Å². The van der Waals surface area contributed by atoms with Crippen molar-refractivity contribution in [1.82, 2.24) is 10.2 Å². The van der Waals surface area contributed by atoms with E-state index < -0.39 is 0 Å². The molecule has 18 heavy (non-hydrogen) atoms. The molecule has 1 rings (SSSR count). The van der Waals surface area contributed by atoms with Crippen LogP contribution in [0.3, 0.4) is 0 Å². The third kappa shape index (κ3) is 3.98. The number of nitrogens with zero attached hydrogens (tertiary/aromatic N) is 1. The molecule has 0 aromatic heterocycles. The number of nitrogens with one attached hydrogen (secondary N) is 1. The van der Waals surface area contributed by atoms with Gasteiger partial charge in [0.25, 0.3) is 0 Å². The van der Waals surface area contributed by atoms with Crippen molar-refractivity contribution in [2.24, 2.45) is 5.92 Å². The van der Waals surface area contributed by atoms with Crippen molar-refractivity contribution in [2.75, 3.05) is 20.2 Å². The Kier molecular flexibility index (Phi) is 5.59. The molecule has 1 fully saturated rings. The minimum absolute atomic E-state index is 0.0588. The van der Waals surface area contributed by atoms with E-state index in [-0.39, 0.29) is 29.9 Å². The Hall–Kier alpha value is -1.10. The summed E-state index contributed by atoms with van der Waals surface area (Å²) in [7, 11) is 1.39. The molecule has 0 saturated carbocycles. The largest absolute Gasteiger partial charge is 0.468 e. The molecule has 1 amide bonds. The number of carbonyl (C=O) groups is 2. The maximum Gasteiger partial charge on any atom is 0.322 e. The van der Waals surface area contributed by atoms with Crippen LogP contribution in [0.5, 0.6) is 0 Å². The maximum atomic E-state index is 11.8. The first-order valence-corrected chi connectivity index (χ1v) is 6.58. The summed E-state index contributed by atoms with van der Waals surface area (Å²) in [6.07, 6.45) is 1.78. The molecule has 0 radical (unpaired) electrons. The molecule has 1 aliphatic heterocycles. The van der Waals surface area contributed by atoms with Crippen LogP contribution in [0.4, 0.5) is 0 Å². The third-order valence-corrected chi connectivity index (χ3v) is 3.34. The summed E-state index contributed by atoms with van der Waals surface area (Å²) in [5.41, 5.74) is 0.